The molecule has 1 aromatic carbocycles. The van der Waals surface area contributed by atoms with Gasteiger partial charge in [-0.25, -0.2) is 9.78 Å². The number of aryl methyl sites for hydroxylation is 1. The first-order valence-corrected chi connectivity index (χ1v) is 12.5. The van der Waals surface area contributed by atoms with Crippen LogP contribution in [0.4, 0.5) is 5.13 Å². The first kappa shape index (κ1) is 25.2. The summed E-state index contributed by atoms with van der Waals surface area (Å²) in [4.78, 5) is 30.1. The molecule has 4 rings (SSSR count). The number of ether oxygens (including phenoxy) is 1. The van der Waals surface area contributed by atoms with Gasteiger partial charge in [0.25, 0.3) is 5.91 Å². The van der Waals surface area contributed by atoms with Gasteiger partial charge in [0.15, 0.2) is 6.10 Å². The van der Waals surface area contributed by atoms with Gasteiger partial charge in [0.2, 0.25) is 5.13 Å². The van der Waals surface area contributed by atoms with Crippen LogP contribution >= 0.6 is 22.9 Å². The molecule has 3 aromatic rings. The molecule has 0 aliphatic heterocycles. The predicted molar refractivity (Wildman–Crippen MR) is 135 cm³/mol. The molecule has 0 spiro atoms. The second kappa shape index (κ2) is 9.64. The van der Waals surface area contributed by atoms with Crippen molar-refractivity contribution < 1.29 is 19.4 Å². The minimum atomic E-state index is -1.28. The molecule has 8 nitrogen and oxygen atoms in total. The van der Waals surface area contributed by atoms with Gasteiger partial charge in [0, 0.05) is 22.2 Å². The summed E-state index contributed by atoms with van der Waals surface area (Å²) in [5, 5.41) is 23.0. The van der Waals surface area contributed by atoms with Gasteiger partial charge < -0.3 is 9.84 Å². The van der Waals surface area contributed by atoms with Crippen molar-refractivity contribution in [1.29, 1.82) is 0 Å². The van der Waals surface area contributed by atoms with E-state index in [1.807, 2.05) is 0 Å². The zero-order valence-electron chi connectivity index (χ0n) is 20.2. The number of aromatic nitrogens is 3. The van der Waals surface area contributed by atoms with Gasteiger partial charge in [-0.1, -0.05) is 35.1 Å². The number of pyridine rings is 1. The Labute approximate surface area is 212 Å². The molecule has 1 fully saturated rings. The van der Waals surface area contributed by atoms with E-state index in [0.29, 0.717) is 44.0 Å². The topological polar surface area (TPSA) is 114 Å². The van der Waals surface area contributed by atoms with Gasteiger partial charge >= 0.3 is 5.97 Å². The number of carbonyl (C=O) groups excluding carboxylic acids is 1. The average molecular weight is 515 g/mol. The van der Waals surface area contributed by atoms with Crippen molar-refractivity contribution in [3.05, 3.63) is 56.8 Å². The lowest BCUT2D eigenvalue weighted by Gasteiger charge is -2.28. The van der Waals surface area contributed by atoms with E-state index >= 15 is 0 Å². The number of amides is 1. The summed E-state index contributed by atoms with van der Waals surface area (Å²) in [6, 6.07) is 7.02. The molecule has 10 heteroatoms. The highest BCUT2D eigenvalue weighted by molar-refractivity contribution is 7.15. The van der Waals surface area contributed by atoms with Crippen molar-refractivity contribution in [1.82, 2.24) is 15.2 Å². The number of carboxylic acids is 1. The van der Waals surface area contributed by atoms with Crippen molar-refractivity contribution in [2.75, 3.05) is 5.32 Å². The van der Waals surface area contributed by atoms with Crippen LogP contribution in [0, 0.1) is 13.8 Å². The van der Waals surface area contributed by atoms with Crippen LogP contribution in [-0.4, -0.2) is 37.8 Å². The van der Waals surface area contributed by atoms with E-state index < -0.39 is 23.6 Å². The maximum absolute atomic E-state index is 13.3. The summed E-state index contributed by atoms with van der Waals surface area (Å²) in [5.74, 6) is -1.14. The summed E-state index contributed by atoms with van der Waals surface area (Å²) >= 11 is 7.47. The highest BCUT2D eigenvalue weighted by Crippen LogP contribution is 2.42. The minimum absolute atomic E-state index is 0.180. The van der Waals surface area contributed by atoms with Gasteiger partial charge in [0.05, 0.1) is 5.60 Å². The van der Waals surface area contributed by atoms with Crippen molar-refractivity contribution in [2.45, 2.75) is 65.1 Å². The number of hydrogen-bond donors (Lipinski definition) is 2. The Kier molecular flexibility index (Phi) is 6.95. The van der Waals surface area contributed by atoms with Gasteiger partial charge in [-0.15, -0.1) is 10.2 Å². The second-order valence-electron chi connectivity index (χ2n) is 9.59. The van der Waals surface area contributed by atoms with Crippen LogP contribution in [0.15, 0.2) is 24.3 Å². The number of halogens is 1. The summed E-state index contributed by atoms with van der Waals surface area (Å²) in [5.41, 5.74) is 2.05. The van der Waals surface area contributed by atoms with Gasteiger partial charge in [-0.05, 0) is 76.3 Å². The molecule has 1 amide bonds. The van der Waals surface area contributed by atoms with Gasteiger partial charge in [-0.2, -0.15) is 0 Å². The Hall–Kier alpha value is -2.88. The molecule has 1 atom stereocenters. The van der Waals surface area contributed by atoms with E-state index in [1.165, 1.54) is 11.3 Å². The molecule has 184 valence electrons. The molecule has 0 saturated heterocycles. The molecule has 2 N–H and O–H groups in total. The molecule has 2 heterocycles. The van der Waals surface area contributed by atoms with Crippen LogP contribution < -0.4 is 5.32 Å². The number of carboxylic acid groups (broad SMARTS) is 1. The van der Waals surface area contributed by atoms with Crippen molar-refractivity contribution in [2.24, 2.45) is 0 Å². The number of anilines is 1. The minimum Gasteiger partial charge on any atom is -0.479 e. The lowest BCUT2D eigenvalue weighted by Crippen LogP contribution is -2.29. The first-order valence-electron chi connectivity index (χ1n) is 11.3. The van der Waals surface area contributed by atoms with Gasteiger partial charge in [0.1, 0.15) is 10.7 Å². The highest BCUT2D eigenvalue weighted by atomic mass is 35.5. The lowest BCUT2D eigenvalue weighted by molar-refractivity contribution is -0.160. The molecule has 35 heavy (non-hydrogen) atoms. The maximum atomic E-state index is 13.3. The van der Waals surface area contributed by atoms with Crippen molar-refractivity contribution >= 4 is 39.9 Å². The third kappa shape index (κ3) is 5.69. The number of nitrogens with one attached hydrogen (secondary N) is 1. The highest BCUT2D eigenvalue weighted by Gasteiger charge is 2.34. The standard InChI is InChI=1S/C25H27ClN4O4S/c1-12-17(14-8-10-16(26)11-9-14)18(20(23(32)33)34-25(3,4)5)13(2)27-19(12)21(31)28-24-30-29-22(35-24)15-6-7-15/h8-11,15,20H,6-7H2,1-5H3,(H,32,33)(H,28,30,31)/t20-/m0/s1. The summed E-state index contributed by atoms with van der Waals surface area (Å²) in [6.07, 6.45) is 0.902. The molecule has 1 aliphatic rings. The fourth-order valence-corrected chi connectivity index (χ4v) is 4.90. The molecule has 0 unspecified atom stereocenters. The van der Waals surface area contributed by atoms with Crippen LogP contribution in [0.25, 0.3) is 11.1 Å². The molecule has 2 aromatic heterocycles. The van der Waals surface area contributed by atoms with Gasteiger partial charge in [-0.3, -0.25) is 10.1 Å². The van der Waals surface area contributed by atoms with Crippen LogP contribution in [0.3, 0.4) is 0 Å². The number of nitrogens with zero attached hydrogens (tertiary/aromatic N) is 3. The quantitative estimate of drug-likeness (QED) is 0.401. The van der Waals surface area contributed by atoms with Crippen molar-refractivity contribution in [3.63, 3.8) is 0 Å². The predicted octanol–water partition coefficient (Wildman–Crippen LogP) is 5.94. The molecule has 0 radical (unpaired) electrons. The van der Waals surface area contributed by atoms with E-state index in [-0.39, 0.29) is 5.69 Å². The lowest BCUT2D eigenvalue weighted by atomic mass is 9.89. The smallest absolute Gasteiger partial charge is 0.337 e. The Bertz CT molecular complexity index is 1280. The third-order valence-corrected chi connectivity index (χ3v) is 6.82. The molecule has 0 bridgehead atoms. The third-order valence-electron chi connectivity index (χ3n) is 5.56. The Morgan fingerprint density at radius 3 is 2.40 bits per heavy atom. The molecular weight excluding hydrogens is 488 g/mol. The molecule has 1 aliphatic carbocycles. The number of hydrogen-bond acceptors (Lipinski definition) is 7. The van der Waals surface area contributed by atoms with Crippen LogP contribution in [0.2, 0.25) is 5.02 Å². The van der Waals surface area contributed by atoms with Crippen LogP contribution in [0.1, 0.15) is 78.0 Å². The van der Waals surface area contributed by atoms with E-state index in [0.717, 1.165) is 17.8 Å². The average Bonchev–Trinajstić information content (AvgIpc) is 3.52. The fraction of sp³-hybridized carbons (Fsp3) is 0.400. The summed E-state index contributed by atoms with van der Waals surface area (Å²) in [7, 11) is 0. The monoisotopic (exact) mass is 514 g/mol. The van der Waals surface area contributed by atoms with E-state index in [9.17, 15) is 14.7 Å². The first-order chi connectivity index (χ1) is 16.4. The SMILES string of the molecule is Cc1nc(C(=O)Nc2nnc(C3CC3)s2)c(C)c(-c2ccc(Cl)cc2)c1[C@H](OC(C)(C)C)C(=O)O. The molecular formula is C25H27ClN4O4S. The Morgan fingerprint density at radius 2 is 1.83 bits per heavy atom. The number of benzene rings is 1. The number of rotatable bonds is 7. The zero-order chi connectivity index (χ0) is 25.5. The van der Waals surface area contributed by atoms with Crippen LogP contribution in [-0.2, 0) is 9.53 Å². The number of carbonyl (C=O) groups is 2. The van der Waals surface area contributed by atoms with E-state index in [2.05, 4.69) is 20.5 Å². The summed E-state index contributed by atoms with van der Waals surface area (Å²) < 4.78 is 5.95. The fourth-order valence-electron chi connectivity index (χ4n) is 3.87. The molecule has 1 saturated carbocycles. The second-order valence-corrected chi connectivity index (χ2v) is 11.0. The maximum Gasteiger partial charge on any atom is 0.337 e. The van der Waals surface area contributed by atoms with Crippen molar-refractivity contribution in [3.8, 4) is 11.1 Å². The largest absolute Gasteiger partial charge is 0.479 e. The van der Waals surface area contributed by atoms with E-state index in [1.54, 1.807) is 58.9 Å². The van der Waals surface area contributed by atoms with Crippen LogP contribution in [0.5, 0.6) is 0 Å². The summed E-state index contributed by atoms with van der Waals surface area (Å²) in [6.45, 7) is 8.81. The Morgan fingerprint density at radius 1 is 1.17 bits per heavy atom. The zero-order valence-corrected chi connectivity index (χ0v) is 21.8. The van der Waals surface area contributed by atoms with E-state index in [4.69, 9.17) is 16.3 Å². The Balaban J connectivity index is 1.82. The normalized spacial score (nSPS) is 14.6. The number of aliphatic carboxylic acids is 1.